The lowest BCUT2D eigenvalue weighted by Gasteiger charge is -2.16. The first kappa shape index (κ1) is 13.1. The van der Waals surface area contributed by atoms with Crippen LogP contribution < -0.4 is 5.43 Å². The number of benzene rings is 2. The topological polar surface area (TPSA) is 46.9 Å². The average molecular weight is 291 g/mol. The summed E-state index contributed by atoms with van der Waals surface area (Å²) in [5.41, 5.74) is 8.08. The third-order valence-electron chi connectivity index (χ3n) is 4.29. The van der Waals surface area contributed by atoms with Crippen LogP contribution in [0.15, 0.2) is 48.8 Å². The Kier molecular flexibility index (Phi) is 3.15. The Morgan fingerprint density at radius 3 is 2.77 bits per heavy atom. The summed E-state index contributed by atoms with van der Waals surface area (Å²) in [6.45, 7) is 0. The van der Waals surface area contributed by atoms with Crippen LogP contribution in [0.4, 0.5) is 0 Å². The second kappa shape index (κ2) is 5.30. The zero-order valence-electron chi connectivity index (χ0n) is 12.2. The van der Waals surface area contributed by atoms with Gasteiger partial charge in [-0.25, -0.2) is 9.66 Å². The molecule has 1 aliphatic rings. The van der Waals surface area contributed by atoms with E-state index >= 15 is 0 Å². The fourth-order valence-corrected chi connectivity index (χ4v) is 3.10. The molecule has 3 aromatic rings. The van der Waals surface area contributed by atoms with Crippen LogP contribution in [-0.4, -0.2) is 15.6 Å². The lowest BCUT2D eigenvalue weighted by Crippen LogP contribution is -2.22. The summed E-state index contributed by atoms with van der Waals surface area (Å²) >= 11 is 0. The molecule has 0 bridgehead atoms. The highest BCUT2D eigenvalue weighted by Gasteiger charge is 2.13. The molecule has 0 saturated carbocycles. The largest absolute Gasteiger partial charge is 0.270 e. The van der Waals surface area contributed by atoms with Crippen LogP contribution in [0.2, 0.25) is 0 Å². The number of imidazole rings is 1. The Labute approximate surface area is 128 Å². The molecule has 0 unspecified atom stereocenters. The number of aromatic nitrogens is 2. The van der Waals surface area contributed by atoms with Gasteiger partial charge in [0, 0.05) is 5.56 Å². The van der Waals surface area contributed by atoms with Crippen LogP contribution in [0, 0.1) is 0 Å². The van der Waals surface area contributed by atoms with Crippen LogP contribution in [-0.2, 0) is 12.8 Å². The second-order valence-electron chi connectivity index (χ2n) is 5.73. The summed E-state index contributed by atoms with van der Waals surface area (Å²) in [6.07, 6.45) is 6.30. The monoisotopic (exact) mass is 291 g/mol. The number of fused-ring (bicyclic) bond motifs is 2. The maximum Gasteiger partial charge on any atom is 0.270 e. The molecular weight excluding hydrogens is 274 g/mol. The van der Waals surface area contributed by atoms with Crippen molar-refractivity contribution >= 4 is 16.9 Å². The van der Waals surface area contributed by atoms with Gasteiger partial charge in [-0.15, -0.1) is 0 Å². The van der Waals surface area contributed by atoms with E-state index in [1.54, 1.807) is 11.0 Å². The van der Waals surface area contributed by atoms with Crippen molar-refractivity contribution in [3.63, 3.8) is 0 Å². The third kappa shape index (κ3) is 2.26. The van der Waals surface area contributed by atoms with E-state index in [1.807, 2.05) is 36.4 Å². The van der Waals surface area contributed by atoms with Crippen LogP contribution in [0.25, 0.3) is 11.0 Å². The summed E-state index contributed by atoms with van der Waals surface area (Å²) in [4.78, 5) is 16.8. The first-order chi connectivity index (χ1) is 10.8. The molecule has 2 aromatic carbocycles. The van der Waals surface area contributed by atoms with Crippen molar-refractivity contribution in [1.82, 2.24) is 9.66 Å². The number of nitrogens with one attached hydrogen (secondary N) is 1. The minimum absolute atomic E-state index is 0.100. The number of amides is 1. The summed E-state index contributed by atoms with van der Waals surface area (Å²) in [5.74, 6) is -0.100. The van der Waals surface area contributed by atoms with Crippen LogP contribution >= 0.6 is 0 Å². The Balaban J connectivity index is 1.62. The molecule has 0 aliphatic heterocycles. The zero-order valence-corrected chi connectivity index (χ0v) is 12.2. The molecule has 110 valence electrons. The van der Waals surface area contributed by atoms with Crippen molar-refractivity contribution in [2.75, 3.05) is 5.43 Å². The molecule has 4 nitrogen and oxygen atoms in total. The van der Waals surface area contributed by atoms with Gasteiger partial charge in [-0.1, -0.05) is 18.2 Å². The number of carbonyl (C=O) groups excluding carboxylic acids is 1. The summed E-state index contributed by atoms with van der Waals surface area (Å²) in [7, 11) is 0. The molecule has 22 heavy (non-hydrogen) atoms. The Morgan fingerprint density at radius 1 is 1.05 bits per heavy atom. The van der Waals surface area contributed by atoms with Gasteiger partial charge in [0.15, 0.2) is 0 Å². The third-order valence-corrected chi connectivity index (χ3v) is 4.29. The molecule has 1 amide bonds. The number of para-hydroxylation sites is 2. The Bertz CT molecular complexity index is 850. The molecule has 0 radical (unpaired) electrons. The molecule has 0 spiro atoms. The fourth-order valence-electron chi connectivity index (χ4n) is 3.10. The van der Waals surface area contributed by atoms with Crippen molar-refractivity contribution in [3.8, 4) is 0 Å². The van der Waals surface area contributed by atoms with Gasteiger partial charge in [-0.3, -0.25) is 10.2 Å². The van der Waals surface area contributed by atoms with E-state index in [0.717, 1.165) is 23.9 Å². The van der Waals surface area contributed by atoms with Crippen LogP contribution in [0.5, 0.6) is 0 Å². The minimum Gasteiger partial charge on any atom is -0.267 e. The fraction of sp³-hybridized carbons (Fsp3) is 0.222. The average Bonchev–Trinajstić information content (AvgIpc) is 2.97. The smallest absolute Gasteiger partial charge is 0.267 e. The van der Waals surface area contributed by atoms with Gasteiger partial charge >= 0.3 is 0 Å². The molecule has 1 heterocycles. The predicted octanol–water partition coefficient (Wildman–Crippen LogP) is 3.30. The number of nitrogens with zero attached hydrogens (tertiary/aromatic N) is 2. The van der Waals surface area contributed by atoms with Gasteiger partial charge in [-0.2, -0.15) is 0 Å². The van der Waals surface area contributed by atoms with Gasteiger partial charge in [0.05, 0.1) is 11.0 Å². The number of carbonyl (C=O) groups is 1. The highest BCUT2D eigenvalue weighted by atomic mass is 16.2. The maximum absolute atomic E-state index is 12.5. The molecule has 0 fully saturated rings. The molecule has 1 aliphatic carbocycles. The zero-order chi connectivity index (χ0) is 14.9. The Hall–Kier alpha value is -2.62. The standard InChI is InChI=1S/C18H17N3O/c22-18(15-10-9-13-5-1-2-6-14(13)11-15)20-21-12-19-16-7-3-4-8-17(16)21/h3-4,7-12H,1-2,5-6H2,(H,20,22). The van der Waals surface area contributed by atoms with Gasteiger partial charge in [0.2, 0.25) is 0 Å². The van der Waals surface area contributed by atoms with Gasteiger partial charge in [0.1, 0.15) is 6.33 Å². The molecule has 4 heteroatoms. The molecular formula is C18H17N3O. The van der Waals surface area contributed by atoms with E-state index in [0.29, 0.717) is 5.56 Å². The first-order valence-corrected chi connectivity index (χ1v) is 7.66. The minimum atomic E-state index is -0.100. The molecule has 1 N–H and O–H groups in total. The molecule has 0 atom stereocenters. The van der Waals surface area contributed by atoms with Crippen LogP contribution in [0.3, 0.4) is 0 Å². The summed E-state index contributed by atoms with van der Waals surface area (Å²) < 4.78 is 1.68. The number of aryl methyl sites for hydroxylation is 2. The van der Waals surface area contributed by atoms with E-state index in [4.69, 9.17) is 0 Å². The molecule has 0 saturated heterocycles. The van der Waals surface area contributed by atoms with E-state index in [9.17, 15) is 4.79 Å². The number of rotatable bonds is 2. The van der Waals surface area contributed by atoms with E-state index in [2.05, 4.69) is 16.5 Å². The predicted molar refractivity (Wildman–Crippen MR) is 86.5 cm³/mol. The number of hydrogen-bond acceptors (Lipinski definition) is 2. The highest BCUT2D eigenvalue weighted by molar-refractivity contribution is 6.01. The maximum atomic E-state index is 12.5. The molecule has 1 aromatic heterocycles. The highest BCUT2D eigenvalue weighted by Crippen LogP contribution is 2.22. The SMILES string of the molecule is O=C(Nn1cnc2ccccc21)c1ccc2c(c1)CCCC2. The van der Waals surface area contributed by atoms with Crippen molar-refractivity contribution in [1.29, 1.82) is 0 Å². The molecule has 4 rings (SSSR count). The van der Waals surface area contributed by atoms with E-state index < -0.39 is 0 Å². The van der Waals surface area contributed by atoms with Crippen molar-refractivity contribution in [2.45, 2.75) is 25.7 Å². The van der Waals surface area contributed by atoms with E-state index in [1.165, 1.54) is 24.0 Å². The van der Waals surface area contributed by atoms with Gasteiger partial charge < -0.3 is 0 Å². The lowest BCUT2D eigenvalue weighted by atomic mass is 9.90. The first-order valence-electron chi connectivity index (χ1n) is 7.66. The normalized spacial score (nSPS) is 13.8. The number of hydrogen-bond donors (Lipinski definition) is 1. The van der Waals surface area contributed by atoms with E-state index in [-0.39, 0.29) is 5.91 Å². The summed E-state index contributed by atoms with van der Waals surface area (Å²) in [5, 5.41) is 0. The second-order valence-corrected chi connectivity index (χ2v) is 5.73. The van der Waals surface area contributed by atoms with Gasteiger partial charge in [-0.05, 0) is 61.1 Å². The van der Waals surface area contributed by atoms with Crippen molar-refractivity contribution in [2.24, 2.45) is 0 Å². The quantitative estimate of drug-likeness (QED) is 0.787. The summed E-state index contributed by atoms with van der Waals surface area (Å²) in [6, 6.07) is 13.8. The van der Waals surface area contributed by atoms with Crippen molar-refractivity contribution < 1.29 is 4.79 Å². The lowest BCUT2D eigenvalue weighted by molar-refractivity contribution is 0.101. The van der Waals surface area contributed by atoms with Crippen molar-refractivity contribution in [3.05, 3.63) is 65.5 Å². The Morgan fingerprint density at radius 2 is 1.86 bits per heavy atom. The van der Waals surface area contributed by atoms with Crippen LogP contribution in [0.1, 0.15) is 34.3 Å². The van der Waals surface area contributed by atoms with Gasteiger partial charge in [0.25, 0.3) is 5.91 Å².